The molecule has 0 amide bonds. The molecule has 1 heterocycles. The summed E-state index contributed by atoms with van der Waals surface area (Å²) in [6, 6.07) is 2.37. The van der Waals surface area contributed by atoms with Crippen LogP contribution in [0, 0.1) is 17.0 Å². The van der Waals surface area contributed by atoms with Crippen molar-refractivity contribution in [1.29, 1.82) is 0 Å². The molecule has 1 saturated heterocycles. The fourth-order valence-corrected chi connectivity index (χ4v) is 4.03. The zero-order valence-electron chi connectivity index (χ0n) is 11.8. The molecule has 0 aliphatic carbocycles. The molecule has 120 valence electrons. The lowest BCUT2D eigenvalue weighted by Gasteiger charge is -2.41. The average molecular weight is 341 g/mol. The second kappa shape index (κ2) is 6.16. The molecule has 0 spiro atoms. The van der Waals surface area contributed by atoms with E-state index in [0.29, 0.717) is 12.5 Å². The molecule has 1 aliphatic heterocycles. The van der Waals surface area contributed by atoms with Gasteiger partial charge in [-0.2, -0.15) is 4.31 Å². The predicted octanol–water partition coefficient (Wildman–Crippen LogP) is 2.13. The molecule has 4 nitrogen and oxygen atoms in total. The Bertz CT molecular complexity index is 623. The van der Waals surface area contributed by atoms with E-state index in [-0.39, 0.29) is 37.0 Å². The van der Waals surface area contributed by atoms with Gasteiger partial charge in [-0.3, -0.25) is 0 Å². The summed E-state index contributed by atoms with van der Waals surface area (Å²) in [6.45, 7) is 4.21. The first-order chi connectivity index (χ1) is 9.14. The molecular formula is C13H19ClF2N2O2S. The normalized spacial score (nSPS) is 22.6. The van der Waals surface area contributed by atoms with Gasteiger partial charge in [-0.25, -0.2) is 17.2 Å². The Hall–Kier alpha value is -0.760. The minimum atomic E-state index is -3.97. The highest BCUT2D eigenvalue weighted by Gasteiger charge is 2.39. The Morgan fingerprint density at radius 1 is 1.33 bits per heavy atom. The second-order valence-corrected chi connectivity index (χ2v) is 7.70. The maximum Gasteiger partial charge on any atom is 0.246 e. The van der Waals surface area contributed by atoms with E-state index >= 15 is 0 Å². The largest absolute Gasteiger partial charge is 0.327 e. The fraction of sp³-hybridized carbons (Fsp3) is 0.538. The number of sulfonamides is 1. The molecule has 0 saturated carbocycles. The second-order valence-electron chi connectivity index (χ2n) is 5.80. The van der Waals surface area contributed by atoms with Crippen molar-refractivity contribution in [2.24, 2.45) is 11.1 Å². The summed E-state index contributed by atoms with van der Waals surface area (Å²) >= 11 is 0. The van der Waals surface area contributed by atoms with Crippen molar-refractivity contribution in [3.05, 3.63) is 29.8 Å². The lowest BCUT2D eigenvalue weighted by atomic mass is 9.81. The van der Waals surface area contributed by atoms with Crippen molar-refractivity contribution < 1.29 is 17.2 Å². The van der Waals surface area contributed by atoms with E-state index in [2.05, 4.69) is 0 Å². The third-order valence-corrected chi connectivity index (χ3v) is 5.67. The number of halogens is 3. The van der Waals surface area contributed by atoms with E-state index in [1.165, 1.54) is 4.31 Å². The Morgan fingerprint density at radius 3 is 2.48 bits per heavy atom. The first kappa shape index (κ1) is 18.3. The number of nitrogens with two attached hydrogens (primary N) is 1. The molecule has 0 aromatic heterocycles. The maximum atomic E-state index is 13.7. The van der Waals surface area contributed by atoms with Crippen LogP contribution >= 0.6 is 12.4 Å². The maximum absolute atomic E-state index is 13.7. The van der Waals surface area contributed by atoms with Crippen LogP contribution in [0.1, 0.15) is 20.3 Å². The highest BCUT2D eigenvalue weighted by molar-refractivity contribution is 7.89. The average Bonchev–Trinajstić information content (AvgIpc) is 2.31. The zero-order chi connectivity index (χ0) is 15.1. The molecule has 1 atom stereocenters. The Kier molecular flexibility index (Phi) is 5.36. The van der Waals surface area contributed by atoms with E-state index in [1.54, 1.807) is 0 Å². The molecule has 1 aromatic carbocycles. The van der Waals surface area contributed by atoms with Gasteiger partial charge in [0.25, 0.3) is 0 Å². The summed E-state index contributed by atoms with van der Waals surface area (Å²) in [5.41, 5.74) is 5.57. The zero-order valence-corrected chi connectivity index (χ0v) is 13.5. The molecule has 1 fully saturated rings. The summed E-state index contributed by atoms with van der Waals surface area (Å²) in [6.07, 6.45) is 0.509. The van der Waals surface area contributed by atoms with Gasteiger partial charge in [-0.15, -0.1) is 12.4 Å². The molecule has 0 bridgehead atoms. The smallest absolute Gasteiger partial charge is 0.246 e. The van der Waals surface area contributed by atoms with Gasteiger partial charge in [0, 0.05) is 25.2 Å². The summed E-state index contributed by atoms with van der Waals surface area (Å²) < 4.78 is 52.7. The predicted molar refractivity (Wildman–Crippen MR) is 78.7 cm³/mol. The van der Waals surface area contributed by atoms with Crippen molar-refractivity contribution in [2.45, 2.75) is 31.2 Å². The third-order valence-electron chi connectivity index (χ3n) is 3.79. The van der Waals surface area contributed by atoms with E-state index in [4.69, 9.17) is 5.73 Å². The molecule has 1 aliphatic rings. The lowest BCUT2D eigenvalue weighted by molar-refractivity contribution is 0.155. The summed E-state index contributed by atoms with van der Waals surface area (Å²) in [5.74, 6) is -1.87. The van der Waals surface area contributed by atoms with Crippen molar-refractivity contribution in [3.63, 3.8) is 0 Å². The third kappa shape index (κ3) is 3.53. The number of hydrogen-bond acceptors (Lipinski definition) is 3. The van der Waals surface area contributed by atoms with E-state index in [9.17, 15) is 17.2 Å². The van der Waals surface area contributed by atoms with Crippen LogP contribution in [0.15, 0.2) is 23.1 Å². The van der Waals surface area contributed by atoms with Gasteiger partial charge in [-0.05, 0) is 24.0 Å². The van der Waals surface area contributed by atoms with Crippen LogP contribution in [0.2, 0.25) is 0 Å². The quantitative estimate of drug-likeness (QED) is 0.897. The van der Waals surface area contributed by atoms with Gasteiger partial charge >= 0.3 is 0 Å². The Labute approximate surface area is 129 Å². The number of piperidine rings is 1. The highest BCUT2D eigenvalue weighted by Crippen LogP contribution is 2.31. The lowest BCUT2D eigenvalue weighted by Crippen LogP contribution is -2.53. The molecule has 0 radical (unpaired) electrons. The fourth-order valence-electron chi connectivity index (χ4n) is 2.35. The van der Waals surface area contributed by atoms with Crippen molar-refractivity contribution in [3.8, 4) is 0 Å². The van der Waals surface area contributed by atoms with Crippen molar-refractivity contribution in [2.75, 3.05) is 13.1 Å². The van der Waals surface area contributed by atoms with Crippen molar-refractivity contribution in [1.82, 2.24) is 4.31 Å². The van der Waals surface area contributed by atoms with E-state index < -0.39 is 26.6 Å². The van der Waals surface area contributed by atoms with E-state index in [0.717, 1.165) is 12.1 Å². The number of nitrogens with zero attached hydrogens (tertiary/aromatic N) is 1. The number of hydrogen-bond donors (Lipinski definition) is 1. The summed E-state index contributed by atoms with van der Waals surface area (Å²) in [7, 11) is -3.97. The van der Waals surface area contributed by atoms with Gasteiger partial charge in [-0.1, -0.05) is 13.8 Å². The molecule has 2 N–H and O–H groups in total. The monoisotopic (exact) mass is 340 g/mol. The topological polar surface area (TPSA) is 63.4 Å². The highest BCUT2D eigenvalue weighted by atomic mass is 35.5. The molecule has 2 rings (SSSR count). The van der Waals surface area contributed by atoms with Crippen LogP contribution in [0.4, 0.5) is 8.78 Å². The molecule has 1 unspecified atom stereocenters. The van der Waals surface area contributed by atoms with Crippen LogP contribution in [0.5, 0.6) is 0 Å². The minimum Gasteiger partial charge on any atom is -0.327 e. The standard InChI is InChI=1S/C13H18F2N2O2S.ClH/c1-13(2)8-17(6-5-12(13)16)20(18,19)11-4-3-9(14)7-10(11)15;/h3-4,7,12H,5-6,8,16H2,1-2H3;1H. The molecular weight excluding hydrogens is 322 g/mol. The van der Waals surface area contributed by atoms with Crippen LogP contribution in [0.25, 0.3) is 0 Å². The molecule has 1 aromatic rings. The first-order valence-electron chi connectivity index (χ1n) is 6.35. The molecule has 8 heteroatoms. The van der Waals surface area contributed by atoms with Gasteiger partial charge in [0.2, 0.25) is 10.0 Å². The van der Waals surface area contributed by atoms with Crippen LogP contribution in [-0.4, -0.2) is 31.9 Å². The number of benzene rings is 1. The SMILES string of the molecule is CC1(C)CN(S(=O)(=O)c2ccc(F)cc2F)CCC1N.Cl. The van der Waals surface area contributed by atoms with Gasteiger partial charge in [0.1, 0.15) is 16.5 Å². The van der Waals surface area contributed by atoms with Gasteiger partial charge in [0.05, 0.1) is 0 Å². The summed E-state index contributed by atoms with van der Waals surface area (Å²) in [4.78, 5) is -0.495. The van der Waals surface area contributed by atoms with Gasteiger partial charge < -0.3 is 5.73 Å². The van der Waals surface area contributed by atoms with Crippen molar-refractivity contribution >= 4 is 22.4 Å². The van der Waals surface area contributed by atoms with Crippen LogP contribution in [0.3, 0.4) is 0 Å². The summed E-state index contributed by atoms with van der Waals surface area (Å²) in [5, 5.41) is 0. The first-order valence-corrected chi connectivity index (χ1v) is 7.79. The Balaban J connectivity index is 0.00000220. The van der Waals surface area contributed by atoms with Crippen LogP contribution < -0.4 is 5.73 Å². The number of rotatable bonds is 2. The Morgan fingerprint density at radius 2 is 1.95 bits per heavy atom. The molecule has 21 heavy (non-hydrogen) atoms. The van der Waals surface area contributed by atoms with Gasteiger partial charge in [0.15, 0.2) is 0 Å². The minimum absolute atomic E-state index is 0. The van der Waals surface area contributed by atoms with Crippen LogP contribution in [-0.2, 0) is 10.0 Å². The van der Waals surface area contributed by atoms with E-state index in [1.807, 2.05) is 13.8 Å².